The molecule has 33 heavy (non-hydrogen) atoms. The number of halogens is 1. The number of hydrogen-bond donors (Lipinski definition) is 3. The van der Waals surface area contributed by atoms with Crippen LogP contribution in [-0.2, 0) is 11.2 Å². The van der Waals surface area contributed by atoms with E-state index in [2.05, 4.69) is 20.5 Å². The van der Waals surface area contributed by atoms with E-state index in [1.807, 2.05) is 35.4 Å². The van der Waals surface area contributed by atoms with E-state index in [9.17, 15) is 14.0 Å². The van der Waals surface area contributed by atoms with Gasteiger partial charge in [-0.15, -0.1) is 0 Å². The highest BCUT2D eigenvalue weighted by atomic mass is 19.1. The number of rotatable bonds is 5. The lowest BCUT2D eigenvalue weighted by Gasteiger charge is -2.31. The Bertz CT molecular complexity index is 1300. The lowest BCUT2D eigenvalue weighted by molar-refractivity contribution is -0.131. The predicted molar refractivity (Wildman–Crippen MR) is 123 cm³/mol. The molecule has 2 aromatic heterocycles. The number of benzene rings is 2. The quantitative estimate of drug-likeness (QED) is 0.429. The van der Waals surface area contributed by atoms with Crippen LogP contribution in [0.3, 0.4) is 0 Å². The van der Waals surface area contributed by atoms with Gasteiger partial charge >= 0.3 is 0 Å². The maximum atomic E-state index is 13.8. The van der Waals surface area contributed by atoms with E-state index in [1.54, 1.807) is 18.2 Å². The van der Waals surface area contributed by atoms with Crippen LogP contribution in [-0.4, -0.2) is 45.0 Å². The highest BCUT2D eigenvalue weighted by Crippen LogP contribution is 2.28. The first-order chi connectivity index (χ1) is 16.1. The fourth-order valence-electron chi connectivity index (χ4n) is 4.40. The average Bonchev–Trinajstić information content (AvgIpc) is 3.49. The van der Waals surface area contributed by atoms with Crippen molar-refractivity contribution in [3.8, 4) is 0 Å². The van der Waals surface area contributed by atoms with Gasteiger partial charge in [0.25, 0.3) is 5.91 Å². The first kappa shape index (κ1) is 20.9. The molecule has 1 aliphatic heterocycles. The van der Waals surface area contributed by atoms with Gasteiger partial charge in [-0.25, -0.2) is 4.39 Å². The fourth-order valence-corrected chi connectivity index (χ4v) is 4.40. The van der Waals surface area contributed by atoms with E-state index in [-0.39, 0.29) is 23.2 Å². The minimum atomic E-state index is -0.494. The van der Waals surface area contributed by atoms with Crippen molar-refractivity contribution in [1.29, 1.82) is 0 Å². The number of fused-ring (bicyclic) bond motifs is 1. The molecule has 7 nitrogen and oxygen atoms in total. The molecule has 0 unspecified atom stereocenters. The van der Waals surface area contributed by atoms with Crippen LogP contribution in [0, 0.1) is 5.82 Å². The van der Waals surface area contributed by atoms with Crippen molar-refractivity contribution in [2.75, 3.05) is 18.4 Å². The number of hydrogen-bond acceptors (Lipinski definition) is 3. The summed E-state index contributed by atoms with van der Waals surface area (Å²) in [4.78, 5) is 30.4. The molecular formula is C25H24FN5O2. The zero-order valence-corrected chi connectivity index (χ0v) is 18.0. The van der Waals surface area contributed by atoms with Crippen LogP contribution in [0.5, 0.6) is 0 Å². The Labute approximate surface area is 190 Å². The van der Waals surface area contributed by atoms with Crippen LogP contribution in [0.2, 0.25) is 0 Å². The number of carbonyl (C=O) groups excluding carboxylic acids is 2. The number of para-hydroxylation sites is 2. The Balaban J connectivity index is 1.17. The van der Waals surface area contributed by atoms with E-state index in [4.69, 9.17) is 0 Å². The second-order valence-corrected chi connectivity index (χ2v) is 8.33. The van der Waals surface area contributed by atoms with Crippen molar-refractivity contribution >= 4 is 28.4 Å². The van der Waals surface area contributed by atoms with Gasteiger partial charge in [0.05, 0.1) is 12.1 Å². The van der Waals surface area contributed by atoms with Gasteiger partial charge in [-0.05, 0) is 42.7 Å². The number of likely N-dealkylation sites (tertiary alicyclic amines) is 1. The first-order valence-electron chi connectivity index (χ1n) is 11.0. The summed E-state index contributed by atoms with van der Waals surface area (Å²) in [5, 5.41) is 10.7. The molecular weight excluding hydrogens is 421 g/mol. The van der Waals surface area contributed by atoms with Gasteiger partial charge < -0.3 is 15.2 Å². The lowest BCUT2D eigenvalue weighted by atomic mass is 9.93. The molecule has 2 aromatic carbocycles. The Morgan fingerprint density at radius 2 is 1.85 bits per heavy atom. The molecule has 0 spiro atoms. The van der Waals surface area contributed by atoms with E-state index in [0.717, 1.165) is 35.0 Å². The SMILES string of the molecule is O=C(Nc1ccccc1F)c1cc(C2CCN(C(=O)Cc3c[nH]c4ccccc34)CC2)[nH]n1. The standard InChI is InChI=1S/C25H24FN5O2/c26-19-6-2-4-8-21(19)28-25(33)23-14-22(29-30-23)16-9-11-31(12-10-16)24(32)13-17-15-27-20-7-3-1-5-18(17)20/h1-8,14-16,27H,9-13H2,(H,28,33)(H,29,30). The molecule has 3 N–H and O–H groups in total. The number of H-pyrrole nitrogens is 2. The third kappa shape index (κ3) is 4.37. The summed E-state index contributed by atoms with van der Waals surface area (Å²) in [6.07, 6.45) is 3.86. The molecule has 4 aromatic rings. The predicted octanol–water partition coefficient (Wildman–Crippen LogP) is 4.23. The molecule has 168 valence electrons. The summed E-state index contributed by atoms with van der Waals surface area (Å²) in [6, 6.07) is 15.7. The molecule has 5 rings (SSSR count). The Hall–Kier alpha value is -3.94. The normalized spacial score (nSPS) is 14.5. The second-order valence-electron chi connectivity index (χ2n) is 8.33. The topological polar surface area (TPSA) is 93.9 Å². The highest BCUT2D eigenvalue weighted by molar-refractivity contribution is 6.03. The molecule has 1 fully saturated rings. The Kier molecular flexibility index (Phi) is 5.64. The van der Waals surface area contributed by atoms with Crippen molar-refractivity contribution < 1.29 is 14.0 Å². The molecule has 0 radical (unpaired) electrons. The number of anilines is 1. The summed E-state index contributed by atoms with van der Waals surface area (Å²) in [5.74, 6) is -0.655. The van der Waals surface area contributed by atoms with Crippen LogP contribution in [0.4, 0.5) is 10.1 Å². The number of aromatic amines is 2. The third-order valence-corrected chi connectivity index (χ3v) is 6.26. The van der Waals surface area contributed by atoms with Gasteiger partial charge in [0, 0.05) is 41.8 Å². The van der Waals surface area contributed by atoms with E-state index in [0.29, 0.717) is 19.5 Å². The molecule has 8 heteroatoms. The Morgan fingerprint density at radius 1 is 1.09 bits per heavy atom. The van der Waals surface area contributed by atoms with Gasteiger partial charge in [0.15, 0.2) is 5.69 Å². The number of piperidine rings is 1. The Morgan fingerprint density at radius 3 is 2.67 bits per heavy atom. The van der Waals surface area contributed by atoms with Crippen LogP contribution in [0.15, 0.2) is 60.8 Å². The second kappa shape index (κ2) is 8.90. The summed E-state index contributed by atoms with van der Waals surface area (Å²) in [6.45, 7) is 1.31. The first-order valence-corrected chi connectivity index (χ1v) is 11.0. The van der Waals surface area contributed by atoms with Crippen LogP contribution < -0.4 is 5.32 Å². The highest BCUT2D eigenvalue weighted by Gasteiger charge is 2.26. The van der Waals surface area contributed by atoms with Gasteiger partial charge in [-0.2, -0.15) is 5.10 Å². The molecule has 1 aliphatic rings. The van der Waals surface area contributed by atoms with Gasteiger partial charge in [0.1, 0.15) is 5.82 Å². The third-order valence-electron chi connectivity index (χ3n) is 6.26. The average molecular weight is 445 g/mol. The largest absolute Gasteiger partial charge is 0.361 e. The van der Waals surface area contributed by atoms with E-state index >= 15 is 0 Å². The molecule has 0 atom stereocenters. The molecule has 0 bridgehead atoms. The smallest absolute Gasteiger partial charge is 0.276 e. The van der Waals surface area contributed by atoms with Gasteiger partial charge in [0.2, 0.25) is 5.91 Å². The monoisotopic (exact) mass is 445 g/mol. The zero-order valence-electron chi connectivity index (χ0n) is 18.0. The molecule has 3 heterocycles. The van der Waals surface area contributed by atoms with Crippen molar-refractivity contribution in [3.63, 3.8) is 0 Å². The number of aromatic nitrogens is 3. The van der Waals surface area contributed by atoms with Crippen molar-refractivity contribution in [2.45, 2.75) is 25.2 Å². The maximum Gasteiger partial charge on any atom is 0.276 e. The van der Waals surface area contributed by atoms with E-state index in [1.165, 1.54) is 12.1 Å². The number of carbonyl (C=O) groups is 2. The molecule has 0 saturated carbocycles. The van der Waals surface area contributed by atoms with E-state index < -0.39 is 11.7 Å². The number of nitrogens with one attached hydrogen (secondary N) is 3. The molecule has 0 aliphatic carbocycles. The fraction of sp³-hybridized carbons (Fsp3) is 0.240. The van der Waals surface area contributed by atoms with Gasteiger partial charge in [-0.3, -0.25) is 14.7 Å². The summed E-state index contributed by atoms with van der Waals surface area (Å²) < 4.78 is 13.8. The maximum absolute atomic E-state index is 13.8. The summed E-state index contributed by atoms with van der Waals surface area (Å²) in [7, 11) is 0. The van der Waals surface area contributed by atoms with Crippen LogP contribution in [0.25, 0.3) is 10.9 Å². The number of amides is 2. The van der Waals surface area contributed by atoms with Crippen molar-refractivity contribution in [1.82, 2.24) is 20.1 Å². The zero-order chi connectivity index (χ0) is 22.8. The van der Waals surface area contributed by atoms with Gasteiger partial charge in [-0.1, -0.05) is 30.3 Å². The van der Waals surface area contributed by atoms with Crippen molar-refractivity contribution in [2.24, 2.45) is 0 Å². The number of nitrogens with zero attached hydrogens (tertiary/aromatic N) is 2. The van der Waals surface area contributed by atoms with Crippen molar-refractivity contribution in [3.05, 3.63) is 83.6 Å². The molecule has 2 amide bonds. The minimum absolute atomic E-state index is 0.118. The summed E-state index contributed by atoms with van der Waals surface area (Å²) in [5.41, 5.74) is 3.24. The summed E-state index contributed by atoms with van der Waals surface area (Å²) >= 11 is 0. The van der Waals surface area contributed by atoms with Crippen LogP contribution >= 0.6 is 0 Å². The molecule has 1 saturated heterocycles. The minimum Gasteiger partial charge on any atom is -0.361 e. The van der Waals surface area contributed by atoms with Crippen LogP contribution in [0.1, 0.15) is 40.5 Å². The lowest BCUT2D eigenvalue weighted by Crippen LogP contribution is -2.38.